The first-order valence-electron chi connectivity index (χ1n) is 8.09. The van der Waals surface area contributed by atoms with Crippen molar-refractivity contribution in [3.63, 3.8) is 0 Å². The van der Waals surface area contributed by atoms with Crippen LogP contribution in [0.5, 0.6) is 0 Å². The third kappa shape index (κ3) is 4.96. The van der Waals surface area contributed by atoms with Crippen LogP contribution in [0.3, 0.4) is 0 Å². The Bertz CT molecular complexity index is 906. The van der Waals surface area contributed by atoms with Gasteiger partial charge in [0, 0.05) is 16.9 Å². The van der Waals surface area contributed by atoms with Crippen LogP contribution in [0.4, 0.5) is 33.7 Å². The van der Waals surface area contributed by atoms with E-state index in [4.69, 9.17) is 11.6 Å². The van der Waals surface area contributed by atoms with Gasteiger partial charge in [-0.3, -0.25) is 0 Å². The van der Waals surface area contributed by atoms with Crippen LogP contribution >= 0.6 is 11.6 Å². The Hall–Kier alpha value is -2.85. The van der Waals surface area contributed by atoms with Gasteiger partial charge in [-0.25, -0.2) is 14.0 Å². The number of aliphatic hydroxyl groups is 1. The van der Waals surface area contributed by atoms with Crippen molar-refractivity contribution in [2.24, 2.45) is 0 Å². The molecule has 0 aromatic heterocycles. The van der Waals surface area contributed by atoms with E-state index in [-0.39, 0.29) is 23.0 Å². The number of benzene rings is 2. The molecule has 0 heterocycles. The van der Waals surface area contributed by atoms with Gasteiger partial charge in [-0.05, 0) is 37.3 Å². The zero-order chi connectivity index (χ0) is 21.8. The Morgan fingerprint density at radius 3 is 2.14 bits per heavy atom. The van der Waals surface area contributed by atoms with Gasteiger partial charge in [0.25, 0.3) is 5.60 Å². The van der Waals surface area contributed by atoms with Gasteiger partial charge in [-0.1, -0.05) is 23.7 Å². The summed E-state index contributed by atoms with van der Waals surface area (Å²) < 4.78 is 57.4. The molecule has 0 radical (unpaired) electrons. The number of urea groups is 1. The minimum absolute atomic E-state index is 0.0628. The van der Waals surface area contributed by atoms with Crippen LogP contribution in [-0.4, -0.2) is 29.9 Å². The monoisotopic (exact) mass is 434 g/mol. The van der Waals surface area contributed by atoms with Crippen LogP contribution < -0.4 is 10.6 Å². The molecule has 0 aliphatic heterocycles. The van der Waals surface area contributed by atoms with E-state index in [0.717, 1.165) is 30.3 Å². The van der Waals surface area contributed by atoms with Crippen LogP contribution in [0.2, 0.25) is 5.02 Å². The second kappa shape index (κ2) is 8.66. The van der Waals surface area contributed by atoms with Crippen LogP contribution in [0, 0.1) is 5.82 Å². The topological polar surface area (TPSA) is 87.7 Å². The molecule has 0 fully saturated rings. The summed E-state index contributed by atoms with van der Waals surface area (Å²) in [5.41, 5.74) is -4.39. The van der Waals surface area contributed by atoms with E-state index in [1.807, 2.05) is 0 Å². The van der Waals surface area contributed by atoms with Gasteiger partial charge in [0.2, 0.25) is 0 Å². The molecule has 3 N–H and O–H groups in total. The molecule has 0 bridgehead atoms. The zero-order valence-corrected chi connectivity index (χ0v) is 15.6. The fraction of sp³-hybridized carbons (Fsp3) is 0.222. The second-order valence-corrected chi connectivity index (χ2v) is 6.12. The average Bonchev–Trinajstić information content (AvgIpc) is 2.64. The van der Waals surface area contributed by atoms with Crippen LogP contribution in [0.1, 0.15) is 12.5 Å². The Morgan fingerprint density at radius 2 is 1.62 bits per heavy atom. The molecule has 6 nitrogen and oxygen atoms in total. The van der Waals surface area contributed by atoms with Gasteiger partial charge in [-0.15, -0.1) is 0 Å². The van der Waals surface area contributed by atoms with Crippen molar-refractivity contribution in [3.05, 3.63) is 58.9 Å². The molecule has 2 aromatic carbocycles. The predicted octanol–water partition coefficient (Wildman–Crippen LogP) is 4.44. The van der Waals surface area contributed by atoms with Crippen LogP contribution in [0.15, 0.2) is 42.5 Å². The summed E-state index contributed by atoms with van der Waals surface area (Å²) in [6.07, 6.45) is -5.33. The average molecular weight is 435 g/mol. The van der Waals surface area contributed by atoms with E-state index in [0.29, 0.717) is 0 Å². The number of ether oxygens (including phenoxy) is 1. The van der Waals surface area contributed by atoms with Crippen molar-refractivity contribution < 1.29 is 37.0 Å². The summed E-state index contributed by atoms with van der Waals surface area (Å²) in [4.78, 5) is 23.7. The van der Waals surface area contributed by atoms with E-state index >= 15 is 0 Å². The Labute approximate surface area is 167 Å². The van der Waals surface area contributed by atoms with Crippen LogP contribution in [-0.2, 0) is 15.1 Å². The molecular weight excluding hydrogens is 420 g/mol. The highest BCUT2D eigenvalue weighted by Gasteiger charge is 2.62. The van der Waals surface area contributed by atoms with Gasteiger partial charge in [0.1, 0.15) is 5.82 Å². The van der Waals surface area contributed by atoms with Crippen molar-refractivity contribution in [3.8, 4) is 0 Å². The summed E-state index contributed by atoms with van der Waals surface area (Å²) in [5.74, 6) is -2.54. The summed E-state index contributed by atoms with van der Waals surface area (Å²) in [5, 5.41) is 14.5. The van der Waals surface area contributed by atoms with E-state index in [2.05, 4.69) is 15.4 Å². The smallest absolute Gasteiger partial charge is 0.432 e. The fourth-order valence-electron chi connectivity index (χ4n) is 2.29. The molecule has 2 rings (SSSR count). The lowest BCUT2D eigenvalue weighted by molar-refractivity contribution is -0.267. The standard InChI is InChI=1S/C18H15ClF4N2O4/c1-2-29-15(26)17(28,18(21,22)23)10-3-5-11(6-4-10)24-16(27)25-12-7-8-14(20)13(19)9-12/h3-9,28H,2H2,1H3,(H2,24,25,27)/t17-/m0/s1. The number of alkyl halides is 3. The van der Waals surface area contributed by atoms with E-state index in [1.54, 1.807) is 0 Å². The van der Waals surface area contributed by atoms with E-state index in [1.165, 1.54) is 19.1 Å². The first-order chi connectivity index (χ1) is 13.5. The lowest BCUT2D eigenvalue weighted by atomic mass is 9.93. The molecular formula is C18H15ClF4N2O4. The summed E-state index contributed by atoms with van der Waals surface area (Å²) in [6, 6.07) is 6.46. The minimum atomic E-state index is -5.33. The van der Waals surface area contributed by atoms with E-state index < -0.39 is 35.2 Å². The summed E-state index contributed by atoms with van der Waals surface area (Å²) >= 11 is 5.60. The number of hydrogen-bond donors (Lipinski definition) is 3. The molecule has 29 heavy (non-hydrogen) atoms. The lowest BCUT2D eigenvalue weighted by Crippen LogP contribution is -2.50. The molecule has 1 atom stereocenters. The number of carbonyl (C=O) groups excluding carboxylic acids is 2. The number of anilines is 2. The fourth-order valence-corrected chi connectivity index (χ4v) is 2.48. The van der Waals surface area contributed by atoms with Crippen molar-refractivity contribution in [1.29, 1.82) is 0 Å². The van der Waals surface area contributed by atoms with Crippen molar-refractivity contribution in [1.82, 2.24) is 0 Å². The number of nitrogens with one attached hydrogen (secondary N) is 2. The molecule has 2 amide bonds. The molecule has 0 spiro atoms. The summed E-state index contributed by atoms with van der Waals surface area (Å²) in [7, 11) is 0. The first-order valence-corrected chi connectivity index (χ1v) is 8.46. The Balaban J connectivity index is 2.16. The lowest BCUT2D eigenvalue weighted by Gasteiger charge is -2.28. The zero-order valence-electron chi connectivity index (χ0n) is 14.8. The second-order valence-electron chi connectivity index (χ2n) is 5.71. The number of carbonyl (C=O) groups is 2. The number of halogens is 5. The van der Waals surface area contributed by atoms with Gasteiger partial charge < -0.3 is 20.5 Å². The molecule has 0 aliphatic rings. The van der Waals surface area contributed by atoms with E-state index in [9.17, 15) is 32.3 Å². The highest BCUT2D eigenvalue weighted by atomic mass is 35.5. The molecule has 0 aliphatic carbocycles. The highest BCUT2D eigenvalue weighted by molar-refractivity contribution is 6.31. The predicted molar refractivity (Wildman–Crippen MR) is 97.1 cm³/mol. The first kappa shape index (κ1) is 22.4. The third-order valence-electron chi connectivity index (χ3n) is 3.72. The van der Waals surface area contributed by atoms with Crippen molar-refractivity contribution in [2.45, 2.75) is 18.7 Å². The van der Waals surface area contributed by atoms with Crippen LogP contribution in [0.25, 0.3) is 0 Å². The molecule has 156 valence electrons. The maximum atomic E-state index is 13.3. The maximum absolute atomic E-state index is 13.3. The Kier molecular flexibility index (Phi) is 6.70. The molecule has 0 unspecified atom stereocenters. The van der Waals surface area contributed by atoms with Crippen molar-refractivity contribution >= 4 is 35.0 Å². The molecule has 0 saturated carbocycles. The third-order valence-corrected chi connectivity index (χ3v) is 4.01. The molecule has 2 aromatic rings. The van der Waals surface area contributed by atoms with Gasteiger partial charge >= 0.3 is 18.2 Å². The Morgan fingerprint density at radius 1 is 1.07 bits per heavy atom. The number of hydrogen-bond acceptors (Lipinski definition) is 4. The summed E-state index contributed by atoms with van der Waals surface area (Å²) in [6.45, 7) is 0.944. The molecule has 11 heteroatoms. The molecule has 0 saturated heterocycles. The number of rotatable bonds is 5. The normalized spacial score (nSPS) is 13.3. The maximum Gasteiger partial charge on any atom is 0.432 e. The quantitative estimate of drug-likeness (QED) is 0.479. The SMILES string of the molecule is CCOC(=O)[C@@](O)(c1ccc(NC(=O)Nc2ccc(F)c(Cl)c2)cc1)C(F)(F)F. The highest BCUT2D eigenvalue weighted by Crippen LogP contribution is 2.40. The van der Waals surface area contributed by atoms with Gasteiger partial charge in [0.05, 0.1) is 11.6 Å². The number of esters is 1. The largest absolute Gasteiger partial charge is 0.463 e. The number of amides is 2. The van der Waals surface area contributed by atoms with Gasteiger partial charge in [-0.2, -0.15) is 13.2 Å². The van der Waals surface area contributed by atoms with Crippen molar-refractivity contribution in [2.75, 3.05) is 17.2 Å². The van der Waals surface area contributed by atoms with Gasteiger partial charge in [0.15, 0.2) is 0 Å². The minimum Gasteiger partial charge on any atom is -0.463 e.